The van der Waals surface area contributed by atoms with E-state index in [0.717, 1.165) is 11.6 Å². The molecule has 2 rings (SSSR count). The first kappa shape index (κ1) is 22.1. The summed E-state index contributed by atoms with van der Waals surface area (Å²) in [5, 5.41) is 5.22. The summed E-state index contributed by atoms with van der Waals surface area (Å²) in [4.78, 5) is 36.8. The second-order valence-corrected chi connectivity index (χ2v) is 6.98. The van der Waals surface area contributed by atoms with Crippen molar-refractivity contribution in [3.8, 4) is 0 Å². The van der Waals surface area contributed by atoms with Gasteiger partial charge < -0.3 is 15.4 Å². The van der Waals surface area contributed by atoms with E-state index in [1.54, 1.807) is 13.8 Å². The lowest BCUT2D eigenvalue weighted by molar-refractivity contribution is -0.151. The predicted octanol–water partition coefficient (Wildman–Crippen LogP) is 3.00. The summed E-state index contributed by atoms with van der Waals surface area (Å²) in [7, 11) is 0. The van der Waals surface area contributed by atoms with Crippen LogP contribution in [0, 0.1) is 11.7 Å². The first-order valence-corrected chi connectivity index (χ1v) is 9.36. The molecule has 0 saturated carbocycles. The van der Waals surface area contributed by atoms with Gasteiger partial charge in [-0.2, -0.15) is 0 Å². The van der Waals surface area contributed by atoms with Crippen molar-refractivity contribution >= 4 is 17.8 Å². The summed E-state index contributed by atoms with van der Waals surface area (Å²) in [5.74, 6) is -2.94. The Kier molecular flexibility index (Phi) is 7.88. The third-order valence-corrected chi connectivity index (χ3v) is 4.35. The molecule has 7 heteroatoms. The highest BCUT2D eigenvalue weighted by molar-refractivity contribution is 5.97. The summed E-state index contributed by atoms with van der Waals surface area (Å²) < 4.78 is 18.8. The van der Waals surface area contributed by atoms with Crippen LogP contribution in [0.25, 0.3) is 0 Å². The molecule has 0 fully saturated rings. The second-order valence-electron chi connectivity index (χ2n) is 6.98. The van der Waals surface area contributed by atoms with Gasteiger partial charge in [-0.15, -0.1) is 0 Å². The number of carbonyl (C=O) groups is 3. The molecule has 0 saturated heterocycles. The number of esters is 1. The van der Waals surface area contributed by atoms with E-state index in [1.807, 2.05) is 37.3 Å². The van der Waals surface area contributed by atoms with Crippen molar-refractivity contribution in [3.63, 3.8) is 0 Å². The van der Waals surface area contributed by atoms with Crippen LogP contribution >= 0.6 is 0 Å². The van der Waals surface area contributed by atoms with Gasteiger partial charge >= 0.3 is 5.97 Å². The quantitative estimate of drug-likeness (QED) is 0.667. The van der Waals surface area contributed by atoms with Crippen LogP contribution in [0.5, 0.6) is 0 Å². The van der Waals surface area contributed by atoms with Crippen LogP contribution in [-0.2, 0) is 14.3 Å². The minimum Gasteiger partial charge on any atom is -0.454 e. The Bertz CT molecular complexity index is 855. The number of hydrogen-bond acceptors (Lipinski definition) is 4. The van der Waals surface area contributed by atoms with Crippen LogP contribution in [0.3, 0.4) is 0 Å². The summed E-state index contributed by atoms with van der Waals surface area (Å²) in [5.41, 5.74) is 0.754. The number of benzene rings is 2. The first-order valence-electron chi connectivity index (χ1n) is 9.36. The number of carbonyl (C=O) groups excluding carboxylic acids is 3. The van der Waals surface area contributed by atoms with Gasteiger partial charge in [0, 0.05) is 0 Å². The van der Waals surface area contributed by atoms with E-state index in [-0.39, 0.29) is 17.5 Å². The Labute approximate surface area is 169 Å². The van der Waals surface area contributed by atoms with Gasteiger partial charge in [0.2, 0.25) is 0 Å². The monoisotopic (exact) mass is 400 g/mol. The van der Waals surface area contributed by atoms with Crippen LogP contribution in [-0.4, -0.2) is 30.4 Å². The summed E-state index contributed by atoms with van der Waals surface area (Å²) in [6.07, 6.45) is 0. The molecule has 2 N–H and O–H groups in total. The summed E-state index contributed by atoms with van der Waals surface area (Å²) in [6.45, 7) is 4.77. The van der Waals surface area contributed by atoms with E-state index >= 15 is 0 Å². The predicted molar refractivity (Wildman–Crippen MR) is 106 cm³/mol. The molecule has 0 aliphatic carbocycles. The topological polar surface area (TPSA) is 84.5 Å². The Hall–Kier alpha value is -3.22. The van der Waals surface area contributed by atoms with Gasteiger partial charge in [-0.3, -0.25) is 9.59 Å². The molecule has 154 valence electrons. The highest BCUT2D eigenvalue weighted by Gasteiger charge is 2.27. The molecule has 2 aromatic rings. The molecule has 2 amide bonds. The lowest BCUT2D eigenvalue weighted by Crippen LogP contribution is -2.46. The van der Waals surface area contributed by atoms with Crippen molar-refractivity contribution < 1.29 is 23.5 Å². The lowest BCUT2D eigenvalue weighted by Gasteiger charge is -2.21. The number of hydrogen-bond donors (Lipinski definition) is 2. The maximum absolute atomic E-state index is 13.8. The lowest BCUT2D eigenvalue weighted by atomic mass is 10.0. The number of rotatable bonds is 8. The average Bonchev–Trinajstić information content (AvgIpc) is 2.70. The van der Waals surface area contributed by atoms with Crippen molar-refractivity contribution in [2.24, 2.45) is 5.92 Å². The Morgan fingerprint density at radius 3 is 2.17 bits per heavy atom. The maximum atomic E-state index is 13.8. The molecular weight excluding hydrogens is 375 g/mol. The SMILES string of the molecule is CC(NC(=O)COC(=O)[C@@H](NC(=O)c1ccccc1F)C(C)C)c1ccccc1. The standard InChI is InChI=1S/C22H25FN2O4/c1-14(2)20(25-21(27)17-11-7-8-12-18(17)23)22(28)29-13-19(26)24-15(3)16-9-5-4-6-10-16/h4-12,14-15,20H,13H2,1-3H3,(H,24,26)(H,25,27)/t15?,20-/m0/s1. The normalized spacial score (nSPS) is 12.7. The fraction of sp³-hybridized carbons (Fsp3) is 0.318. The molecule has 2 aromatic carbocycles. The minimum atomic E-state index is -1.01. The molecule has 1 unspecified atom stereocenters. The summed E-state index contributed by atoms with van der Waals surface area (Å²) in [6, 6.07) is 13.6. The number of amides is 2. The van der Waals surface area contributed by atoms with E-state index in [0.29, 0.717) is 0 Å². The van der Waals surface area contributed by atoms with Crippen LogP contribution in [0.2, 0.25) is 0 Å². The van der Waals surface area contributed by atoms with Gasteiger partial charge in [-0.05, 0) is 30.5 Å². The van der Waals surface area contributed by atoms with Crippen LogP contribution in [0.1, 0.15) is 42.7 Å². The number of halogens is 1. The van der Waals surface area contributed by atoms with Gasteiger partial charge in [0.1, 0.15) is 11.9 Å². The molecule has 0 spiro atoms. The molecule has 0 bridgehead atoms. The van der Waals surface area contributed by atoms with Gasteiger partial charge in [-0.25, -0.2) is 9.18 Å². The first-order chi connectivity index (χ1) is 13.8. The third-order valence-electron chi connectivity index (χ3n) is 4.35. The van der Waals surface area contributed by atoms with Crippen molar-refractivity contribution in [2.75, 3.05) is 6.61 Å². The molecule has 2 atom stereocenters. The van der Waals surface area contributed by atoms with E-state index in [1.165, 1.54) is 18.2 Å². The highest BCUT2D eigenvalue weighted by Crippen LogP contribution is 2.12. The minimum absolute atomic E-state index is 0.166. The highest BCUT2D eigenvalue weighted by atomic mass is 19.1. The smallest absolute Gasteiger partial charge is 0.329 e. The zero-order chi connectivity index (χ0) is 21.4. The van der Waals surface area contributed by atoms with Crippen molar-refractivity contribution in [3.05, 3.63) is 71.5 Å². The maximum Gasteiger partial charge on any atom is 0.329 e. The van der Waals surface area contributed by atoms with Crippen LogP contribution < -0.4 is 10.6 Å². The van der Waals surface area contributed by atoms with Crippen LogP contribution in [0.15, 0.2) is 54.6 Å². The fourth-order valence-electron chi connectivity index (χ4n) is 2.70. The molecule has 0 heterocycles. The van der Waals surface area contributed by atoms with Crippen molar-refractivity contribution in [1.29, 1.82) is 0 Å². The van der Waals surface area contributed by atoms with Crippen molar-refractivity contribution in [2.45, 2.75) is 32.9 Å². The molecule has 0 aliphatic rings. The second kappa shape index (κ2) is 10.4. The van der Waals surface area contributed by atoms with Gasteiger partial charge in [0.05, 0.1) is 11.6 Å². The average molecular weight is 400 g/mol. The number of nitrogens with one attached hydrogen (secondary N) is 2. The fourth-order valence-corrected chi connectivity index (χ4v) is 2.70. The largest absolute Gasteiger partial charge is 0.454 e. The van der Waals surface area contributed by atoms with Crippen LogP contribution in [0.4, 0.5) is 4.39 Å². The molecule has 6 nitrogen and oxygen atoms in total. The van der Waals surface area contributed by atoms with Crippen molar-refractivity contribution in [1.82, 2.24) is 10.6 Å². The van der Waals surface area contributed by atoms with E-state index in [9.17, 15) is 18.8 Å². The number of ether oxygens (including phenoxy) is 1. The van der Waals surface area contributed by atoms with Gasteiger partial charge in [0.25, 0.3) is 11.8 Å². The Morgan fingerprint density at radius 2 is 1.55 bits per heavy atom. The van der Waals surface area contributed by atoms with Gasteiger partial charge in [0.15, 0.2) is 6.61 Å². The van der Waals surface area contributed by atoms with E-state index in [2.05, 4.69) is 10.6 Å². The molecular formula is C22H25FN2O4. The molecule has 0 aliphatic heterocycles. The van der Waals surface area contributed by atoms with E-state index in [4.69, 9.17) is 4.74 Å². The third kappa shape index (κ3) is 6.41. The molecule has 0 aromatic heterocycles. The van der Waals surface area contributed by atoms with Gasteiger partial charge in [-0.1, -0.05) is 56.3 Å². The zero-order valence-electron chi connectivity index (χ0n) is 16.6. The molecule has 0 radical (unpaired) electrons. The summed E-state index contributed by atoms with van der Waals surface area (Å²) >= 11 is 0. The van der Waals surface area contributed by atoms with E-state index < -0.39 is 36.2 Å². The Balaban J connectivity index is 1.91. The molecule has 29 heavy (non-hydrogen) atoms. The zero-order valence-corrected chi connectivity index (χ0v) is 16.6. The Morgan fingerprint density at radius 1 is 0.931 bits per heavy atom.